The molecule has 1 aromatic heterocycles. The van der Waals surface area contributed by atoms with E-state index in [2.05, 4.69) is 20.5 Å². The van der Waals surface area contributed by atoms with Gasteiger partial charge >= 0.3 is 0 Å². The van der Waals surface area contributed by atoms with E-state index in [9.17, 15) is 4.79 Å². The smallest absolute Gasteiger partial charge is 0.211 e. The number of nitrogens with one attached hydrogen (secondary N) is 2. The first-order chi connectivity index (χ1) is 7.83. The molecule has 16 heavy (non-hydrogen) atoms. The van der Waals surface area contributed by atoms with Crippen molar-refractivity contribution in [2.75, 3.05) is 5.32 Å². The molecule has 2 N–H and O–H groups in total. The fourth-order valence-corrected chi connectivity index (χ4v) is 1.40. The van der Waals surface area contributed by atoms with Gasteiger partial charge in [-0.05, 0) is 12.1 Å². The van der Waals surface area contributed by atoms with Gasteiger partial charge in [0.05, 0.1) is 0 Å². The summed E-state index contributed by atoms with van der Waals surface area (Å²) in [5.74, 6) is 1.50. The zero-order valence-electron chi connectivity index (χ0n) is 8.90. The summed E-state index contributed by atoms with van der Waals surface area (Å²) in [6, 6.07) is 7.39. The number of carbonyl (C=O) groups excluding carboxylic acids is 1. The fraction of sp³-hybridized carbons (Fsp3) is 0.182. The molecule has 0 spiro atoms. The van der Waals surface area contributed by atoms with E-state index in [1.165, 1.54) is 0 Å². The van der Waals surface area contributed by atoms with Crippen LogP contribution in [0, 0.1) is 0 Å². The predicted octanol–water partition coefficient (Wildman–Crippen LogP) is 1.60. The second-order valence-electron chi connectivity index (χ2n) is 3.30. The molecule has 0 aliphatic carbocycles. The molecule has 0 bridgehead atoms. The number of benzene rings is 1. The van der Waals surface area contributed by atoms with Crippen LogP contribution >= 0.6 is 0 Å². The molecule has 1 amide bonds. The third-order valence-corrected chi connectivity index (χ3v) is 2.21. The number of hydrogen-bond acceptors (Lipinski definition) is 3. The number of aromatic amines is 1. The number of aryl methyl sites for hydroxylation is 1. The molecule has 0 saturated heterocycles. The van der Waals surface area contributed by atoms with Gasteiger partial charge in [0, 0.05) is 17.7 Å². The Hall–Kier alpha value is -2.17. The summed E-state index contributed by atoms with van der Waals surface area (Å²) >= 11 is 0. The number of aromatic nitrogens is 3. The minimum atomic E-state index is 0.645. The summed E-state index contributed by atoms with van der Waals surface area (Å²) in [7, 11) is 0. The van der Waals surface area contributed by atoms with Crippen molar-refractivity contribution in [1.82, 2.24) is 15.2 Å². The van der Waals surface area contributed by atoms with Crippen LogP contribution < -0.4 is 5.32 Å². The number of amides is 1. The molecule has 0 fully saturated rings. The molecule has 2 rings (SSSR count). The van der Waals surface area contributed by atoms with E-state index >= 15 is 0 Å². The Bertz CT molecular complexity index is 492. The fourth-order valence-electron chi connectivity index (χ4n) is 1.40. The van der Waals surface area contributed by atoms with E-state index < -0.39 is 0 Å². The van der Waals surface area contributed by atoms with Gasteiger partial charge in [-0.1, -0.05) is 19.1 Å². The van der Waals surface area contributed by atoms with Crippen LogP contribution in [0.15, 0.2) is 24.3 Å². The lowest BCUT2D eigenvalue weighted by Gasteiger charge is -1.99. The number of anilines is 1. The maximum atomic E-state index is 10.3. The topological polar surface area (TPSA) is 70.7 Å². The van der Waals surface area contributed by atoms with E-state index in [0.29, 0.717) is 12.2 Å². The highest BCUT2D eigenvalue weighted by atomic mass is 16.1. The second-order valence-corrected chi connectivity index (χ2v) is 3.30. The summed E-state index contributed by atoms with van der Waals surface area (Å²) in [6.45, 7) is 2.01. The Balaban J connectivity index is 2.32. The molecular formula is C11H12N4O. The zero-order valence-corrected chi connectivity index (χ0v) is 8.90. The number of hydrogen-bond donors (Lipinski definition) is 2. The van der Waals surface area contributed by atoms with Gasteiger partial charge in [-0.2, -0.15) is 5.10 Å². The quantitative estimate of drug-likeness (QED) is 0.762. The zero-order chi connectivity index (χ0) is 11.4. The maximum absolute atomic E-state index is 10.3. The average molecular weight is 216 g/mol. The van der Waals surface area contributed by atoms with Crippen LogP contribution in [0.5, 0.6) is 0 Å². The first-order valence-electron chi connectivity index (χ1n) is 5.05. The van der Waals surface area contributed by atoms with Crippen molar-refractivity contribution in [2.45, 2.75) is 13.3 Å². The Morgan fingerprint density at radius 1 is 1.50 bits per heavy atom. The van der Waals surface area contributed by atoms with Gasteiger partial charge < -0.3 is 5.32 Å². The van der Waals surface area contributed by atoms with Crippen molar-refractivity contribution in [3.63, 3.8) is 0 Å². The summed E-state index contributed by atoms with van der Waals surface area (Å²) in [5, 5.41) is 9.55. The van der Waals surface area contributed by atoms with Crippen molar-refractivity contribution in [2.24, 2.45) is 0 Å². The molecule has 82 valence electrons. The highest BCUT2D eigenvalue weighted by molar-refractivity contribution is 5.74. The Morgan fingerprint density at radius 2 is 2.38 bits per heavy atom. The van der Waals surface area contributed by atoms with E-state index in [0.717, 1.165) is 23.5 Å². The molecule has 5 nitrogen and oxygen atoms in total. The Kier molecular flexibility index (Phi) is 2.95. The largest absolute Gasteiger partial charge is 0.329 e. The number of carbonyl (C=O) groups is 1. The monoisotopic (exact) mass is 216 g/mol. The molecule has 5 heteroatoms. The standard InChI is InChI=1S/C11H12N4O/c1-2-10-13-11(15-14-10)8-4-3-5-9(6-8)12-7-16/h3-7H,2H2,1H3,(H,12,16)(H,13,14,15). The molecule has 0 atom stereocenters. The van der Waals surface area contributed by atoms with Crippen LogP contribution in [0.2, 0.25) is 0 Å². The van der Waals surface area contributed by atoms with Gasteiger partial charge in [0.1, 0.15) is 5.82 Å². The Morgan fingerprint density at radius 3 is 3.06 bits per heavy atom. The highest BCUT2D eigenvalue weighted by Gasteiger charge is 2.04. The highest BCUT2D eigenvalue weighted by Crippen LogP contribution is 2.18. The van der Waals surface area contributed by atoms with Crippen LogP contribution in [-0.4, -0.2) is 21.6 Å². The SMILES string of the molecule is CCc1nc(-c2cccc(NC=O)c2)n[nH]1. The minimum Gasteiger partial charge on any atom is -0.329 e. The lowest BCUT2D eigenvalue weighted by molar-refractivity contribution is -0.105. The van der Waals surface area contributed by atoms with Gasteiger partial charge in [-0.15, -0.1) is 0 Å². The summed E-state index contributed by atoms with van der Waals surface area (Å²) in [5.41, 5.74) is 1.61. The molecule has 1 heterocycles. The molecule has 0 saturated carbocycles. The van der Waals surface area contributed by atoms with Gasteiger partial charge in [0.25, 0.3) is 0 Å². The van der Waals surface area contributed by atoms with Gasteiger partial charge in [0.2, 0.25) is 6.41 Å². The molecule has 0 radical (unpaired) electrons. The lowest BCUT2D eigenvalue weighted by atomic mass is 10.2. The second kappa shape index (κ2) is 4.57. The molecule has 0 aliphatic heterocycles. The summed E-state index contributed by atoms with van der Waals surface area (Å²) in [6.07, 6.45) is 1.47. The van der Waals surface area contributed by atoms with Crippen molar-refractivity contribution in [1.29, 1.82) is 0 Å². The first kappa shape index (κ1) is 10.4. The average Bonchev–Trinajstić information content (AvgIpc) is 2.78. The molecule has 1 aromatic carbocycles. The third kappa shape index (κ3) is 2.08. The minimum absolute atomic E-state index is 0.645. The van der Waals surface area contributed by atoms with Gasteiger partial charge in [-0.25, -0.2) is 4.98 Å². The normalized spacial score (nSPS) is 10.1. The Labute approximate surface area is 92.9 Å². The van der Waals surface area contributed by atoms with Crippen molar-refractivity contribution in [3.8, 4) is 11.4 Å². The van der Waals surface area contributed by atoms with Crippen LogP contribution in [0.3, 0.4) is 0 Å². The van der Waals surface area contributed by atoms with E-state index in [4.69, 9.17) is 0 Å². The van der Waals surface area contributed by atoms with Gasteiger partial charge in [0.15, 0.2) is 5.82 Å². The van der Waals surface area contributed by atoms with Crippen LogP contribution in [0.1, 0.15) is 12.7 Å². The van der Waals surface area contributed by atoms with Crippen LogP contribution in [0.4, 0.5) is 5.69 Å². The summed E-state index contributed by atoms with van der Waals surface area (Å²) < 4.78 is 0. The lowest BCUT2D eigenvalue weighted by Crippen LogP contribution is -1.93. The van der Waals surface area contributed by atoms with Crippen LogP contribution in [-0.2, 0) is 11.2 Å². The van der Waals surface area contributed by atoms with Crippen molar-refractivity contribution in [3.05, 3.63) is 30.1 Å². The van der Waals surface area contributed by atoms with Crippen LogP contribution in [0.25, 0.3) is 11.4 Å². The van der Waals surface area contributed by atoms with E-state index in [1.807, 2.05) is 31.2 Å². The molecule has 0 aliphatic rings. The molecular weight excluding hydrogens is 204 g/mol. The molecule has 0 unspecified atom stereocenters. The first-order valence-corrected chi connectivity index (χ1v) is 5.05. The van der Waals surface area contributed by atoms with Crippen molar-refractivity contribution < 1.29 is 4.79 Å². The van der Waals surface area contributed by atoms with E-state index in [1.54, 1.807) is 0 Å². The number of rotatable bonds is 4. The van der Waals surface area contributed by atoms with Crippen molar-refractivity contribution >= 4 is 12.1 Å². The summed E-state index contributed by atoms with van der Waals surface area (Å²) in [4.78, 5) is 14.6. The molecule has 2 aromatic rings. The third-order valence-electron chi connectivity index (χ3n) is 2.21. The number of nitrogens with zero attached hydrogens (tertiary/aromatic N) is 2. The maximum Gasteiger partial charge on any atom is 0.211 e. The predicted molar refractivity (Wildman–Crippen MR) is 60.9 cm³/mol. The number of H-pyrrole nitrogens is 1. The van der Waals surface area contributed by atoms with Gasteiger partial charge in [-0.3, -0.25) is 9.89 Å². The van der Waals surface area contributed by atoms with E-state index in [-0.39, 0.29) is 0 Å².